The van der Waals surface area contributed by atoms with Crippen LogP contribution < -0.4 is 14.8 Å². The molecule has 26 heavy (non-hydrogen) atoms. The summed E-state index contributed by atoms with van der Waals surface area (Å²) in [7, 11) is 3.18. The number of nitrogens with zero attached hydrogens (tertiary/aromatic N) is 2. The Bertz CT molecular complexity index is 866. The average Bonchev–Trinajstić information content (AvgIpc) is 2.72. The van der Waals surface area contributed by atoms with E-state index in [0.717, 1.165) is 28.1 Å². The number of methoxy groups -OCH3 is 2. The molecule has 0 bridgehead atoms. The lowest BCUT2D eigenvalue weighted by atomic mass is 10.1. The Kier molecular flexibility index (Phi) is 5.66. The van der Waals surface area contributed by atoms with Gasteiger partial charge in [-0.1, -0.05) is 30.3 Å². The first kappa shape index (κ1) is 17.7. The molecule has 0 fully saturated rings. The monoisotopic (exact) mass is 351 g/mol. The summed E-state index contributed by atoms with van der Waals surface area (Å²) in [4.78, 5) is 8.75. The molecule has 0 radical (unpaired) electrons. The van der Waals surface area contributed by atoms with E-state index in [2.05, 4.69) is 15.3 Å². The highest BCUT2D eigenvalue weighted by molar-refractivity contribution is 5.63. The maximum absolute atomic E-state index is 9.33. The third-order valence-corrected chi connectivity index (χ3v) is 3.93. The van der Waals surface area contributed by atoms with E-state index in [4.69, 9.17) is 9.47 Å². The normalized spacial score (nSPS) is 10.4. The Morgan fingerprint density at radius 3 is 2.42 bits per heavy atom. The van der Waals surface area contributed by atoms with Gasteiger partial charge < -0.3 is 19.9 Å². The van der Waals surface area contributed by atoms with E-state index in [-0.39, 0.29) is 12.6 Å². The third kappa shape index (κ3) is 4.29. The summed E-state index contributed by atoms with van der Waals surface area (Å²) < 4.78 is 10.4. The van der Waals surface area contributed by atoms with Gasteiger partial charge in [0.15, 0.2) is 0 Å². The van der Waals surface area contributed by atoms with Gasteiger partial charge in [0.1, 0.15) is 11.6 Å². The highest BCUT2D eigenvalue weighted by atomic mass is 16.5. The van der Waals surface area contributed by atoms with Crippen molar-refractivity contribution >= 4 is 5.82 Å². The van der Waals surface area contributed by atoms with E-state index in [9.17, 15) is 5.11 Å². The maximum Gasteiger partial charge on any atom is 0.318 e. The molecule has 0 aliphatic rings. The number of ether oxygens (including phenoxy) is 2. The number of anilines is 1. The third-order valence-electron chi connectivity index (χ3n) is 3.93. The molecule has 0 atom stereocenters. The fourth-order valence-electron chi connectivity index (χ4n) is 2.52. The van der Waals surface area contributed by atoms with Gasteiger partial charge in [-0.25, -0.2) is 0 Å². The molecule has 0 spiro atoms. The number of aliphatic hydroxyl groups is 1. The fraction of sp³-hybridized carbons (Fsp3) is 0.200. The molecule has 0 saturated carbocycles. The fourth-order valence-corrected chi connectivity index (χ4v) is 2.52. The number of benzene rings is 2. The van der Waals surface area contributed by atoms with Gasteiger partial charge in [0.25, 0.3) is 0 Å². The van der Waals surface area contributed by atoms with Crippen molar-refractivity contribution in [1.29, 1.82) is 0 Å². The first-order chi connectivity index (χ1) is 12.7. The van der Waals surface area contributed by atoms with E-state index in [1.54, 1.807) is 7.11 Å². The second-order valence-corrected chi connectivity index (χ2v) is 5.69. The van der Waals surface area contributed by atoms with Gasteiger partial charge in [0, 0.05) is 18.2 Å². The standard InChI is InChI=1S/C20H21N3O3/c1-25-17-8-6-14(7-9-17)12-21-19-11-18(22-20(23-19)26-2)16-5-3-4-15(10-16)13-24/h3-11,24H,12-13H2,1-2H3,(H,21,22,23). The van der Waals surface area contributed by atoms with Crippen molar-refractivity contribution in [3.63, 3.8) is 0 Å². The van der Waals surface area contributed by atoms with Crippen molar-refractivity contribution in [3.8, 4) is 23.0 Å². The molecular weight excluding hydrogens is 330 g/mol. The number of aromatic nitrogens is 2. The molecule has 1 aromatic heterocycles. The van der Waals surface area contributed by atoms with Gasteiger partial charge in [-0.3, -0.25) is 0 Å². The first-order valence-corrected chi connectivity index (χ1v) is 8.22. The van der Waals surface area contributed by atoms with Crippen molar-refractivity contribution in [3.05, 3.63) is 65.7 Å². The smallest absolute Gasteiger partial charge is 0.318 e. The van der Waals surface area contributed by atoms with Crippen LogP contribution in [0.3, 0.4) is 0 Å². The minimum absolute atomic E-state index is 0.0152. The highest BCUT2D eigenvalue weighted by Crippen LogP contribution is 2.24. The lowest BCUT2D eigenvalue weighted by molar-refractivity contribution is 0.282. The van der Waals surface area contributed by atoms with Crippen LogP contribution in [0.25, 0.3) is 11.3 Å². The van der Waals surface area contributed by atoms with Crippen LogP contribution >= 0.6 is 0 Å². The molecule has 3 rings (SSSR count). The molecular formula is C20H21N3O3. The van der Waals surface area contributed by atoms with Gasteiger partial charge in [0.2, 0.25) is 0 Å². The molecule has 0 saturated heterocycles. The van der Waals surface area contributed by atoms with Crippen LogP contribution in [0.4, 0.5) is 5.82 Å². The zero-order chi connectivity index (χ0) is 18.4. The molecule has 6 heteroatoms. The molecule has 3 aromatic rings. The van der Waals surface area contributed by atoms with E-state index >= 15 is 0 Å². The van der Waals surface area contributed by atoms with Crippen molar-refractivity contribution in [2.45, 2.75) is 13.2 Å². The predicted octanol–water partition coefficient (Wildman–Crippen LogP) is 3.27. The molecule has 0 aliphatic carbocycles. The number of aliphatic hydroxyl groups excluding tert-OH is 1. The second kappa shape index (κ2) is 8.31. The Balaban J connectivity index is 1.82. The maximum atomic E-state index is 9.33. The van der Waals surface area contributed by atoms with Gasteiger partial charge in [-0.05, 0) is 29.3 Å². The van der Waals surface area contributed by atoms with Crippen LogP contribution in [-0.2, 0) is 13.2 Å². The molecule has 134 valence electrons. The van der Waals surface area contributed by atoms with E-state index in [1.165, 1.54) is 7.11 Å². The summed E-state index contributed by atoms with van der Waals surface area (Å²) in [6.07, 6.45) is 0. The van der Waals surface area contributed by atoms with Crippen LogP contribution in [0.15, 0.2) is 54.6 Å². The lowest BCUT2D eigenvalue weighted by Gasteiger charge is -2.10. The Labute approximate surface area is 152 Å². The number of hydrogen-bond acceptors (Lipinski definition) is 6. The first-order valence-electron chi connectivity index (χ1n) is 8.22. The molecule has 1 heterocycles. The number of hydrogen-bond donors (Lipinski definition) is 2. The van der Waals surface area contributed by atoms with Gasteiger partial charge >= 0.3 is 6.01 Å². The van der Waals surface area contributed by atoms with Crippen LogP contribution in [-0.4, -0.2) is 29.3 Å². The topological polar surface area (TPSA) is 76.5 Å². The summed E-state index contributed by atoms with van der Waals surface area (Å²) in [5.41, 5.74) is 3.55. The van der Waals surface area contributed by atoms with E-state index in [1.807, 2.05) is 54.6 Å². The number of rotatable bonds is 7. The van der Waals surface area contributed by atoms with Crippen LogP contribution in [0.2, 0.25) is 0 Å². The van der Waals surface area contributed by atoms with E-state index < -0.39 is 0 Å². The summed E-state index contributed by atoms with van der Waals surface area (Å²) >= 11 is 0. The van der Waals surface area contributed by atoms with Gasteiger partial charge in [0.05, 0.1) is 26.5 Å². The average molecular weight is 351 g/mol. The van der Waals surface area contributed by atoms with Gasteiger partial charge in [-0.15, -0.1) is 0 Å². The molecule has 0 aliphatic heterocycles. The Morgan fingerprint density at radius 2 is 1.73 bits per heavy atom. The largest absolute Gasteiger partial charge is 0.497 e. The van der Waals surface area contributed by atoms with Crippen molar-refractivity contribution in [1.82, 2.24) is 9.97 Å². The lowest BCUT2D eigenvalue weighted by Crippen LogP contribution is -2.04. The minimum atomic E-state index is -0.0152. The molecule has 2 aromatic carbocycles. The Hall–Kier alpha value is -3.12. The molecule has 2 N–H and O–H groups in total. The van der Waals surface area contributed by atoms with Crippen molar-refractivity contribution < 1.29 is 14.6 Å². The summed E-state index contributed by atoms with van der Waals surface area (Å²) in [6.45, 7) is 0.596. The second-order valence-electron chi connectivity index (χ2n) is 5.69. The van der Waals surface area contributed by atoms with Crippen molar-refractivity contribution in [2.75, 3.05) is 19.5 Å². The summed E-state index contributed by atoms with van der Waals surface area (Å²) in [5.74, 6) is 1.49. The van der Waals surface area contributed by atoms with Gasteiger partial charge in [-0.2, -0.15) is 9.97 Å². The summed E-state index contributed by atoms with van der Waals surface area (Å²) in [6, 6.07) is 17.6. The van der Waals surface area contributed by atoms with Crippen LogP contribution in [0.1, 0.15) is 11.1 Å². The van der Waals surface area contributed by atoms with Crippen LogP contribution in [0.5, 0.6) is 11.8 Å². The van der Waals surface area contributed by atoms with Crippen LogP contribution in [0, 0.1) is 0 Å². The zero-order valence-corrected chi connectivity index (χ0v) is 14.8. The molecule has 0 unspecified atom stereocenters. The molecule has 0 amide bonds. The zero-order valence-electron chi connectivity index (χ0n) is 14.8. The van der Waals surface area contributed by atoms with E-state index in [0.29, 0.717) is 12.4 Å². The summed E-state index contributed by atoms with van der Waals surface area (Å²) in [5, 5.41) is 12.6. The number of nitrogens with one attached hydrogen (secondary N) is 1. The van der Waals surface area contributed by atoms with Crippen molar-refractivity contribution in [2.24, 2.45) is 0 Å². The molecule has 6 nitrogen and oxygen atoms in total. The Morgan fingerprint density at radius 1 is 0.923 bits per heavy atom. The quantitative estimate of drug-likeness (QED) is 0.680. The predicted molar refractivity (Wildman–Crippen MR) is 100 cm³/mol. The highest BCUT2D eigenvalue weighted by Gasteiger charge is 2.08. The SMILES string of the molecule is COc1ccc(CNc2cc(-c3cccc(CO)c3)nc(OC)n2)cc1. The minimum Gasteiger partial charge on any atom is -0.497 e.